The zero-order valence-electron chi connectivity index (χ0n) is 14.0. The van der Waals surface area contributed by atoms with Gasteiger partial charge in [0.2, 0.25) is 0 Å². The molecule has 0 amide bonds. The molecule has 0 aliphatic rings. The monoisotopic (exact) mass is 325 g/mol. The number of carboxylic acid groups (broad SMARTS) is 1. The Balaban J connectivity index is 3.14. The van der Waals surface area contributed by atoms with Gasteiger partial charge in [0.05, 0.1) is 20.3 Å². The Hall–Kier alpha value is -2.28. The van der Waals surface area contributed by atoms with E-state index in [2.05, 4.69) is 0 Å². The number of benzene rings is 1. The molecule has 0 heterocycles. The average Bonchev–Trinajstić information content (AvgIpc) is 2.44. The molecule has 0 aromatic heterocycles. The maximum Gasteiger partial charge on any atom is 0.322 e. The zero-order chi connectivity index (χ0) is 17.8. The summed E-state index contributed by atoms with van der Waals surface area (Å²) in [6, 6.07) is 3.65. The second-order valence-electron chi connectivity index (χ2n) is 5.99. The van der Waals surface area contributed by atoms with Gasteiger partial charge in [-0.2, -0.15) is 0 Å². The maximum absolute atomic E-state index is 12.2. The third-order valence-corrected chi connectivity index (χ3v) is 3.08. The van der Waals surface area contributed by atoms with Crippen molar-refractivity contribution in [2.45, 2.75) is 32.4 Å². The standard InChI is InChI=1S/C16H23NO6/c1-16(2,3)23-15(20)12(14(18)19)13(17)9-6-7-10(21-4)11(8-9)22-5/h6-8,12-13H,17H2,1-5H3,(H,18,19). The van der Waals surface area contributed by atoms with Gasteiger partial charge in [-0.1, -0.05) is 6.07 Å². The van der Waals surface area contributed by atoms with E-state index in [9.17, 15) is 14.7 Å². The smallest absolute Gasteiger partial charge is 0.322 e. The third-order valence-electron chi connectivity index (χ3n) is 3.08. The van der Waals surface area contributed by atoms with E-state index >= 15 is 0 Å². The number of hydrogen-bond acceptors (Lipinski definition) is 6. The van der Waals surface area contributed by atoms with Crippen molar-refractivity contribution >= 4 is 11.9 Å². The molecule has 7 heteroatoms. The molecule has 0 aliphatic carbocycles. The quantitative estimate of drug-likeness (QED) is 0.606. The highest BCUT2D eigenvalue weighted by atomic mass is 16.6. The molecule has 0 spiro atoms. The number of carbonyl (C=O) groups is 2. The first-order chi connectivity index (χ1) is 10.6. The summed E-state index contributed by atoms with van der Waals surface area (Å²) in [7, 11) is 2.94. The van der Waals surface area contributed by atoms with Crippen LogP contribution in [0.2, 0.25) is 0 Å². The first kappa shape index (κ1) is 18.8. The second kappa shape index (κ2) is 7.32. The van der Waals surface area contributed by atoms with Crippen molar-refractivity contribution in [3.63, 3.8) is 0 Å². The van der Waals surface area contributed by atoms with Crippen molar-refractivity contribution in [2.24, 2.45) is 11.7 Å². The van der Waals surface area contributed by atoms with E-state index in [0.29, 0.717) is 17.1 Å². The van der Waals surface area contributed by atoms with Gasteiger partial charge in [-0.15, -0.1) is 0 Å². The van der Waals surface area contributed by atoms with Crippen LogP contribution in [0.1, 0.15) is 32.4 Å². The topological polar surface area (TPSA) is 108 Å². The van der Waals surface area contributed by atoms with Gasteiger partial charge in [0.1, 0.15) is 5.60 Å². The predicted octanol–water partition coefficient (Wildman–Crippen LogP) is 1.75. The Morgan fingerprint density at radius 2 is 1.70 bits per heavy atom. The Morgan fingerprint density at radius 1 is 1.13 bits per heavy atom. The van der Waals surface area contributed by atoms with Crippen LogP contribution in [0.15, 0.2) is 18.2 Å². The van der Waals surface area contributed by atoms with Gasteiger partial charge in [-0.05, 0) is 38.5 Å². The molecule has 2 unspecified atom stereocenters. The van der Waals surface area contributed by atoms with Gasteiger partial charge in [0.15, 0.2) is 17.4 Å². The van der Waals surface area contributed by atoms with Gasteiger partial charge in [0.25, 0.3) is 0 Å². The van der Waals surface area contributed by atoms with E-state index in [1.807, 2.05) is 0 Å². The molecule has 1 aromatic carbocycles. The highest BCUT2D eigenvalue weighted by molar-refractivity contribution is 5.95. The lowest BCUT2D eigenvalue weighted by atomic mass is 9.93. The Morgan fingerprint density at radius 3 is 2.13 bits per heavy atom. The van der Waals surface area contributed by atoms with Crippen LogP contribution >= 0.6 is 0 Å². The summed E-state index contributed by atoms with van der Waals surface area (Å²) in [5.74, 6) is -2.87. The van der Waals surface area contributed by atoms with Crippen LogP contribution < -0.4 is 15.2 Å². The average molecular weight is 325 g/mol. The third kappa shape index (κ3) is 4.85. The largest absolute Gasteiger partial charge is 0.493 e. The number of carbonyl (C=O) groups excluding carboxylic acids is 1. The molecule has 3 N–H and O–H groups in total. The van der Waals surface area contributed by atoms with Crippen LogP contribution in [0.25, 0.3) is 0 Å². The van der Waals surface area contributed by atoms with Crippen LogP contribution in [0.5, 0.6) is 11.5 Å². The molecular formula is C16H23NO6. The van der Waals surface area contributed by atoms with Crippen molar-refractivity contribution in [3.8, 4) is 11.5 Å². The van der Waals surface area contributed by atoms with Crippen molar-refractivity contribution in [3.05, 3.63) is 23.8 Å². The minimum atomic E-state index is -1.52. The Kier molecular flexibility index (Phi) is 5.98. The molecule has 1 aromatic rings. The molecule has 2 atom stereocenters. The molecular weight excluding hydrogens is 302 g/mol. The Bertz CT molecular complexity index is 578. The van der Waals surface area contributed by atoms with E-state index in [1.165, 1.54) is 14.2 Å². The molecule has 7 nitrogen and oxygen atoms in total. The van der Waals surface area contributed by atoms with Crippen LogP contribution in [0, 0.1) is 5.92 Å². The molecule has 0 radical (unpaired) electrons. The zero-order valence-corrected chi connectivity index (χ0v) is 14.0. The summed E-state index contributed by atoms with van der Waals surface area (Å²) in [4.78, 5) is 23.6. The second-order valence-corrected chi connectivity index (χ2v) is 5.99. The summed E-state index contributed by atoms with van der Waals surface area (Å²) in [5, 5.41) is 9.36. The number of methoxy groups -OCH3 is 2. The van der Waals surface area contributed by atoms with Gasteiger partial charge < -0.3 is 25.1 Å². The number of esters is 1. The predicted molar refractivity (Wildman–Crippen MR) is 83.4 cm³/mol. The molecule has 0 bridgehead atoms. The maximum atomic E-state index is 12.2. The molecule has 0 saturated heterocycles. The Labute approximate surface area is 135 Å². The first-order valence-corrected chi connectivity index (χ1v) is 7.04. The number of nitrogens with two attached hydrogens (primary N) is 1. The summed E-state index contributed by atoms with van der Waals surface area (Å²) in [5.41, 5.74) is 5.62. The minimum absolute atomic E-state index is 0.397. The number of hydrogen-bond donors (Lipinski definition) is 2. The number of rotatable bonds is 6. The SMILES string of the molecule is COc1ccc(C(N)C(C(=O)O)C(=O)OC(C)(C)C)cc1OC. The van der Waals surface area contributed by atoms with E-state index in [4.69, 9.17) is 19.9 Å². The van der Waals surface area contributed by atoms with Gasteiger partial charge in [0, 0.05) is 0 Å². The van der Waals surface area contributed by atoms with E-state index in [1.54, 1.807) is 39.0 Å². The number of aliphatic carboxylic acids is 1. The summed E-state index contributed by atoms with van der Waals surface area (Å²) in [6.07, 6.45) is 0. The fraction of sp³-hybridized carbons (Fsp3) is 0.500. The van der Waals surface area contributed by atoms with Crippen LogP contribution in [-0.4, -0.2) is 36.9 Å². The molecule has 0 aliphatic heterocycles. The fourth-order valence-electron chi connectivity index (χ4n) is 2.02. The van der Waals surface area contributed by atoms with Crippen molar-refractivity contribution in [1.29, 1.82) is 0 Å². The van der Waals surface area contributed by atoms with Crippen molar-refractivity contribution in [1.82, 2.24) is 0 Å². The highest BCUT2D eigenvalue weighted by Gasteiger charge is 2.37. The molecule has 0 fully saturated rings. The van der Waals surface area contributed by atoms with Crippen LogP contribution in [-0.2, 0) is 14.3 Å². The van der Waals surface area contributed by atoms with Gasteiger partial charge >= 0.3 is 11.9 Å². The van der Waals surface area contributed by atoms with Crippen molar-refractivity contribution < 1.29 is 28.9 Å². The van der Waals surface area contributed by atoms with Crippen molar-refractivity contribution in [2.75, 3.05) is 14.2 Å². The molecule has 23 heavy (non-hydrogen) atoms. The summed E-state index contributed by atoms with van der Waals surface area (Å²) < 4.78 is 15.4. The first-order valence-electron chi connectivity index (χ1n) is 7.04. The minimum Gasteiger partial charge on any atom is -0.493 e. The van der Waals surface area contributed by atoms with E-state index in [-0.39, 0.29) is 0 Å². The lowest BCUT2D eigenvalue weighted by Crippen LogP contribution is -2.39. The highest BCUT2D eigenvalue weighted by Crippen LogP contribution is 2.32. The molecule has 1 rings (SSSR count). The van der Waals surface area contributed by atoms with E-state index < -0.39 is 29.5 Å². The number of ether oxygens (including phenoxy) is 3. The van der Waals surface area contributed by atoms with E-state index in [0.717, 1.165) is 0 Å². The van der Waals surface area contributed by atoms with Crippen LogP contribution in [0.3, 0.4) is 0 Å². The lowest BCUT2D eigenvalue weighted by molar-refractivity contribution is -0.167. The van der Waals surface area contributed by atoms with Gasteiger partial charge in [-0.25, -0.2) is 0 Å². The molecule has 0 saturated carbocycles. The normalized spacial score (nSPS) is 13.8. The van der Waals surface area contributed by atoms with Gasteiger partial charge in [-0.3, -0.25) is 9.59 Å². The van der Waals surface area contributed by atoms with Crippen LogP contribution in [0.4, 0.5) is 0 Å². The lowest BCUT2D eigenvalue weighted by Gasteiger charge is -2.25. The fourth-order valence-corrected chi connectivity index (χ4v) is 2.02. The summed E-state index contributed by atoms with van der Waals surface area (Å²) >= 11 is 0. The number of carboxylic acids is 1. The molecule has 128 valence electrons. The summed E-state index contributed by atoms with van der Waals surface area (Å²) in [6.45, 7) is 4.98.